The molecule has 2 heteroatoms. The Hall–Kier alpha value is -1.31. The molecule has 2 nitrogen and oxygen atoms in total. The van der Waals surface area contributed by atoms with Crippen LogP contribution in [0.25, 0.3) is 0 Å². The van der Waals surface area contributed by atoms with Crippen LogP contribution < -0.4 is 0 Å². The summed E-state index contributed by atoms with van der Waals surface area (Å²) in [6.07, 6.45) is 1.05. The molecule has 0 aliphatic carbocycles. The average Bonchev–Trinajstić information content (AvgIpc) is 2.27. The first kappa shape index (κ1) is 10.2. The van der Waals surface area contributed by atoms with Crippen LogP contribution in [0.3, 0.4) is 0 Å². The molecule has 15 heavy (non-hydrogen) atoms. The van der Waals surface area contributed by atoms with Crippen LogP contribution in [0.4, 0.5) is 0 Å². The minimum Gasteiger partial charge on any atom is -0.481 e. The lowest BCUT2D eigenvalue weighted by Gasteiger charge is -2.39. The number of hydrogen-bond acceptors (Lipinski definition) is 2. The van der Waals surface area contributed by atoms with Crippen LogP contribution in [0.1, 0.15) is 25.8 Å². The lowest BCUT2D eigenvalue weighted by atomic mass is 9.74. The topological polar surface area (TPSA) is 21.6 Å². The van der Waals surface area contributed by atoms with Gasteiger partial charge in [-0.05, 0) is 18.9 Å². The molecule has 1 heterocycles. The molecule has 1 atom stereocenters. The highest BCUT2D eigenvalue weighted by atomic mass is 16.5. The molecular formula is C13H17NO. The molecule has 1 unspecified atom stereocenters. The van der Waals surface area contributed by atoms with E-state index in [9.17, 15) is 0 Å². The third-order valence-corrected chi connectivity index (χ3v) is 3.11. The number of benzene rings is 1. The second-order valence-electron chi connectivity index (χ2n) is 3.86. The van der Waals surface area contributed by atoms with Crippen LogP contribution >= 0.6 is 0 Å². The highest BCUT2D eigenvalue weighted by Crippen LogP contribution is 2.36. The van der Waals surface area contributed by atoms with Gasteiger partial charge in [-0.2, -0.15) is 0 Å². The highest BCUT2D eigenvalue weighted by molar-refractivity contribution is 5.93. The summed E-state index contributed by atoms with van der Waals surface area (Å²) in [5, 5.41) is 0. The Bertz CT molecular complexity index is 358. The highest BCUT2D eigenvalue weighted by Gasteiger charge is 2.43. The molecule has 0 saturated carbocycles. The maximum Gasteiger partial charge on any atom is 0.196 e. The Morgan fingerprint density at radius 1 is 1.27 bits per heavy atom. The Labute approximate surface area is 91.0 Å². The van der Waals surface area contributed by atoms with Gasteiger partial charge in [0.15, 0.2) is 5.90 Å². The summed E-state index contributed by atoms with van der Waals surface area (Å²) >= 11 is 0. The van der Waals surface area contributed by atoms with Crippen LogP contribution in [-0.2, 0) is 10.2 Å². The fourth-order valence-electron chi connectivity index (χ4n) is 2.09. The van der Waals surface area contributed by atoms with E-state index in [2.05, 4.69) is 36.2 Å². The van der Waals surface area contributed by atoms with Crippen LogP contribution in [0.2, 0.25) is 0 Å². The second-order valence-corrected chi connectivity index (χ2v) is 3.86. The van der Waals surface area contributed by atoms with Crippen LogP contribution in [-0.4, -0.2) is 19.0 Å². The van der Waals surface area contributed by atoms with Crippen molar-refractivity contribution in [3.05, 3.63) is 35.9 Å². The fraction of sp³-hybridized carbons (Fsp3) is 0.462. The maximum absolute atomic E-state index is 5.59. The predicted molar refractivity (Wildman–Crippen MR) is 62.3 cm³/mol. The van der Waals surface area contributed by atoms with Gasteiger partial charge in [0.2, 0.25) is 0 Å². The first-order valence-electron chi connectivity index (χ1n) is 5.56. The van der Waals surface area contributed by atoms with Crippen molar-refractivity contribution in [1.82, 2.24) is 0 Å². The summed E-state index contributed by atoms with van der Waals surface area (Å²) in [6, 6.07) is 10.5. The number of aliphatic imine (C=N–C) groups is 1. The van der Waals surface area contributed by atoms with Crippen molar-refractivity contribution in [3.63, 3.8) is 0 Å². The zero-order valence-electron chi connectivity index (χ0n) is 9.36. The van der Waals surface area contributed by atoms with Crippen LogP contribution in [0, 0.1) is 0 Å². The molecule has 1 aromatic carbocycles. The van der Waals surface area contributed by atoms with Gasteiger partial charge in [0.25, 0.3) is 0 Å². The largest absolute Gasteiger partial charge is 0.481 e. The van der Waals surface area contributed by atoms with E-state index in [-0.39, 0.29) is 5.41 Å². The van der Waals surface area contributed by atoms with Gasteiger partial charge in [-0.25, -0.2) is 0 Å². The summed E-state index contributed by atoms with van der Waals surface area (Å²) in [6.45, 7) is 5.77. The van der Waals surface area contributed by atoms with Crippen molar-refractivity contribution in [2.75, 3.05) is 13.2 Å². The SMILES string of the molecule is CCOC1=NCC1(CC)c1ccccc1. The van der Waals surface area contributed by atoms with Gasteiger partial charge < -0.3 is 4.74 Å². The molecule has 80 valence electrons. The first-order chi connectivity index (χ1) is 7.33. The van der Waals surface area contributed by atoms with Crippen LogP contribution in [0.15, 0.2) is 35.3 Å². The van der Waals surface area contributed by atoms with Crippen molar-refractivity contribution >= 4 is 5.90 Å². The molecule has 1 aromatic rings. The van der Waals surface area contributed by atoms with Crippen molar-refractivity contribution in [3.8, 4) is 0 Å². The zero-order valence-corrected chi connectivity index (χ0v) is 9.36. The van der Waals surface area contributed by atoms with Gasteiger partial charge >= 0.3 is 0 Å². The van der Waals surface area contributed by atoms with Gasteiger partial charge in [0, 0.05) is 0 Å². The van der Waals surface area contributed by atoms with Gasteiger partial charge in [-0.15, -0.1) is 0 Å². The molecule has 0 amide bonds. The Kier molecular flexibility index (Phi) is 2.76. The Morgan fingerprint density at radius 2 is 2.00 bits per heavy atom. The zero-order chi connectivity index (χ0) is 10.7. The monoisotopic (exact) mass is 203 g/mol. The van der Waals surface area contributed by atoms with E-state index in [1.54, 1.807) is 0 Å². The van der Waals surface area contributed by atoms with Crippen LogP contribution in [0.5, 0.6) is 0 Å². The minimum atomic E-state index is 0.0528. The van der Waals surface area contributed by atoms with Gasteiger partial charge in [-0.3, -0.25) is 4.99 Å². The fourth-order valence-corrected chi connectivity index (χ4v) is 2.09. The first-order valence-corrected chi connectivity index (χ1v) is 5.56. The molecule has 0 bridgehead atoms. The van der Waals surface area contributed by atoms with E-state index in [1.807, 2.05) is 13.0 Å². The van der Waals surface area contributed by atoms with Crippen molar-refractivity contribution in [2.45, 2.75) is 25.7 Å². The van der Waals surface area contributed by atoms with Gasteiger partial charge in [0.05, 0.1) is 18.6 Å². The molecule has 0 N–H and O–H groups in total. The lowest BCUT2D eigenvalue weighted by Crippen LogP contribution is -2.47. The number of ether oxygens (including phenoxy) is 1. The van der Waals surface area contributed by atoms with E-state index in [1.165, 1.54) is 5.56 Å². The van der Waals surface area contributed by atoms with E-state index in [0.29, 0.717) is 6.61 Å². The standard InChI is InChI=1S/C13H17NO/c1-3-13(10-14-12(13)15-4-2)11-8-6-5-7-9-11/h5-9H,3-4,10H2,1-2H3. The average molecular weight is 203 g/mol. The lowest BCUT2D eigenvalue weighted by molar-refractivity contribution is 0.261. The Balaban J connectivity index is 2.29. The van der Waals surface area contributed by atoms with E-state index in [0.717, 1.165) is 18.9 Å². The smallest absolute Gasteiger partial charge is 0.196 e. The maximum atomic E-state index is 5.59. The summed E-state index contributed by atoms with van der Waals surface area (Å²) < 4.78 is 5.59. The molecular weight excluding hydrogens is 186 g/mol. The number of rotatable bonds is 3. The molecule has 0 aromatic heterocycles. The van der Waals surface area contributed by atoms with E-state index < -0.39 is 0 Å². The quantitative estimate of drug-likeness (QED) is 0.740. The van der Waals surface area contributed by atoms with E-state index in [4.69, 9.17) is 4.74 Å². The summed E-state index contributed by atoms with van der Waals surface area (Å²) in [5.74, 6) is 0.915. The molecule has 1 aliphatic heterocycles. The van der Waals surface area contributed by atoms with Crippen molar-refractivity contribution < 1.29 is 4.74 Å². The molecule has 0 fully saturated rings. The van der Waals surface area contributed by atoms with Crippen molar-refractivity contribution in [1.29, 1.82) is 0 Å². The Morgan fingerprint density at radius 3 is 2.47 bits per heavy atom. The molecule has 0 spiro atoms. The second kappa shape index (κ2) is 4.05. The van der Waals surface area contributed by atoms with E-state index >= 15 is 0 Å². The molecule has 2 rings (SSSR count). The van der Waals surface area contributed by atoms with Gasteiger partial charge in [0.1, 0.15) is 0 Å². The minimum absolute atomic E-state index is 0.0528. The molecule has 0 saturated heterocycles. The summed E-state index contributed by atoms with van der Waals surface area (Å²) in [7, 11) is 0. The third-order valence-electron chi connectivity index (χ3n) is 3.11. The normalized spacial score (nSPS) is 24.3. The third kappa shape index (κ3) is 1.54. The number of hydrogen-bond donors (Lipinski definition) is 0. The summed E-state index contributed by atoms with van der Waals surface area (Å²) in [5.41, 5.74) is 1.38. The number of nitrogens with zero attached hydrogens (tertiary/aromatic N) is 1. The summed E-state index contributed by atoms with van der Waals surface area (Å²) in [4.78, 5) is 4.35. The van der Waals surface area contributed by atoms with Gasteiger partial charge in [-0.1, -0.05) is 37.3 Å². The molecule has 0 radical (unpaired) electrons. The predicted octanol–water partition coefficient (Wildman–Crippen LogP) is 2.78. The van der Waals surface area contributed by atoms with Crippen molar-refractivity contribution in [2.24, 2.45) is 4.99 Å². The molecule has 1 aliphatic rings.